The van der Waals surface area contributed by atoms with E-state index in [-0.39, 0.29) is 11.2 Å². The Labute approximate surface area is 118 Å². The Morgan fingerprint density at radius 3 is 3.16 bits per heavy atom. The molecule has 2 aromatic heterocycles. The summed E-state index contributed by atoms with van der Waals surface area (Å²) in [7, 11) is 0. The Kier molecular flexibility index (Phi) is 3.56. The molecule has 100 valence electrons. The third-order valence-electron chi connectivity index (χ3n) is 2.74. The zero-order valence-corrected chi connectivity index (χ0v) is 11.6. The van der Waals surface area contributed by atoms with E-state index in [0.29, 0.717) is 23.9 Å². The summed E-state index contributed by atoms with van der Waals surface area (Å²) in [6.07, 6.45) is 4.24. The van der Waals surface area contributed by atoms with Gasteiger partial charge in [-0.05, 0) is 24.4 Å². The first kappa shape index (κ1) is 12.7. The number of nitrogens with one attached hydrogen (secondary N) is 2. The zero-order valence-electron chi connectivity index (χ0n) is 10.0. The van der Waals surface area contributed by atoms with Crippen molar-refractivity contribution >= 4 is 40.4 Å². The minimum atomic E-state index is 0.0935. The van der Waals surface area contributed by atoms with Gasteiger partial charge in [-0.2, -0.15) is 4.98 Å². The SMILES string of the molecule is O=C(CCSc1nc(Cl)nc2nc[nH]c12)NC1CC1. The van der Waals surface area contributed by atoms with Gasteiger partial charge in [0, 0.05) is 18.2 Å². The number of halogens is 1. The van der Waals surface area contributed by atoms with Crippen molar-refractivity contribution in [3.05, 3.63) is 11.6 Å². The number of aromatic amines is 1. The molecule has 0 spiro atoms. The molecular formula is C11H12ClN5OS. The van der Waals surface area contributed by atoms with Crippen molar-refractivity contribution in [3.8, 4) is 0 Å². The van der Waals surface area contributed by atoms with Crippen molar-refractivity contribution in [2.45, 2.75) is 30.3 Å². The van der Waals surface area contributed by atoms with Crippen molar-refractivity contribution < 1.29 is 4.79 Å². The summed E-state index contributed by atoms with van der Waals surface area (Å²) in [6, 6.07) is 0.408. The molecule has 19 heavy (non-hydrogen) atoms. The molecule has 1 saturated carbocycles. The number of carbonyl (C=O) groups excluding carboxylic acids is 1. The first-order chi connectivity index (χ1) is 9.22. The van der Waals surface area contributed by atoms with Crippen LogP contribution in [-0.4, -0.2) is 37.6 Å². The Hall–Kier alpha value is -1.34. The zero-order chi connectivity index (χ0) is 13.2. The lowest BCUT2D eigenvalue weighted by Gasteiger charge is -2.03. The molecule has 0 atom stereocenters. The van der Waals surface area contributed by atoms with E-state index in [2.05, 4.69) is 25.3 Å². The maximum Gasteiger partial charge on any atom is 0.225 e. The highest BCUT2D eigenvalue weighted by Gasteiger charge is 2.22. The van der Waals surface area contributed by atoms with Crippen LogP contribution in [0.15, 0.2) is 11.4 Å². The van der Waals surface area contributed by atoms with Crippen LogP contribution < -0.4 is 5.32 Å². The van der Waals surface area contributed by atoms with Crippen molar-refractivity contribution in [2.75, 3.05) is 5.75 Å². The summed E-state index contributed by atoms with van der Waals surface area (Å²) >= 11 is 7.31. The lowest BCUT2D eigenvalue weighted by Crippen LogP contribution is -2.25. The van der Waals surface area contributed by atoms with Crippen LogP contribution in [0.25, 0.3) is 11.2 Å². The van der Waals surface area contributed by atoms with Gasteiger partial charge in [-0.1, -0.05) is 0 Å². The smallest absolute Gasteiger partial charge is 0.225 e. The molecule has 0 saturated heterocycles. The third-order valence-corrected chi connectivity index (χ3v) is 3.88. The second-order valence-corrected chi connectivity index (χ2v) is 5.76. The lowest BCUT2D eigenvalue weighted by molar-refractivity contribution is -0.120. The quantitative estimate of drug-likeness (QED) is 0.499. The molecule has 2 N–H and O–H groups in total. The lowest BCUT2D eigenvalue weighted by atomic mass is 10.4. The average Bonchev–Trinajstić information content (AvgIpc) is 3.04. The predicted molar refractivity (Wildman–Crippen MR) is 73.2 cm³/mol. The number of fused-ring (bicyclic) bond motifs is 1. The maximum absolute atomic E-state index is 11.6. The largest absolute Gasteiger partial charge is 0.353 e. The topological polar surface area (TPSA) is 83.6 Å². The Balaban J connectivity index is 1.61. The number of aromatic nitrogens is 4. The van der Waals surface area contributed by atoms with Crippen LogP contribution in [0.3, 0.4) is 0 Å². The number of H-pyrrole nitrogens is 1. The predicted octanol–water partition coefficient (Wildman–Crippen LogP) is 1.77. The van der Waals surface area contributed by atoms with Crippen LogP contribution >= 0.6 is 23.4 Å². The Morgan fingerprint density at radius 2 is 2.37 bits per heavy atom. The van der Waals surface area contributed by atoms with Crippen LogP contribution in [0.5, 0.6) is 0 Å². The number of hydrogen-bond acceptors (Lipinski definition) is 5. The van der Waals surface area contributed by atoms with Crippen LogP contribution in [0.1, 0.15) is 19.3 Å². The van der Waals surface area contributed by atoms with E-state index in [4.69, 9.17) is 11.6 Å². The van der Waals surface area contributed by atoms with Crippen LogP contribution in [0.4, 0.5) is 0 Å². The summed E-state index contributed by atoms with van der Waals surface area (Å²) in [5.41, 5.74) is 1.31. The molecule has 6 nitrogen and oxygen atoms in total. The minimum Gasteiger partial charge on any atom is -0.353 e. The number of hydrogen-bond donors (Lipinski definition) is 2. The van der Waals surface area contributed by atoms with Gasteiger partial charge >= 0.3 is 0 Å². The average molecular weight is 298 g/mol. The fraction of sp³-hybridized carbons (Fsp3) is 0.455. The Morgan fingerprint density at radius 1 is 1.53 bits per heavy atom. The summed E-state index contributed by atoms with van der Waals surface area (Å²) in [5, 5.41) is 3.85. The molecule has 2 aromatic rings. The van der Waals surface area contributed by atoms with E-state index in [9.17, 15) is 4.79 Å². The monoisotopic (exact) mass is 297 g/mol. The maximum atomic E-state index is 11.6. The summed E-state index contributed by atoms with van der Waals surface area (Å²) < 4.78 is 0. The summed E-state index contributed by atoms with van der Waals surface area (Å²) in [4.78, 5) is 26.8. The highest BCUT2D eigenvalue weighted by Crippen LogP contribution is 2.25. The molecule has 1 aliphatic rings. The summed E-state index contributed by atoms with van der Waals surface area (Å²) in [6.45, 7) is 0. The van der Waals surface area contributed by atoms with Gasteiger partial charge in [0.2, 0.25) is 11.2 Å². The molecule has 2 heterocycles. The number of carbonyl (C=O) groups is 1. The number of amides is 1. The fourth-order valence-electron chi connectivity index (χ4n) is 1.65. The number of rotatable bonds is 5. The molecule has 0 radical (unpaired) electrons. The van der Waals surface area contributed by atoms with Gasteiger partial charge in [0.1, 0.15) is 10.5 Å². The van der Waals surface area contributed by atoms with E-state index in [1.165, 1.54) is 11.8 Å². The molecule has 1 amide bonds. The molecule has 3 rings (SSSR count). The molecule has 0 bridgehead atoms. The molecule has 1 fully saturated rings. The second-order valence-electron chi connectivity index (χ2n) is 4.34. The summed E-state index contributed by atoms with van der Waals surface area (Å²) in [5.74, 6) is 0.746. The first-order valence-corrected chi connectivity index (χ1v) is 7.37. The van der Waals surface area contributed by atoms with Gasteiger partial charge in [0.25, 0.3) is 0 Å². The van der Waals surface area contributed by atoms with Crippen LogP contribution in [0, 0.1) is 0 Å². The standard InChI is InChI=1S/C11H12ClN5OS/c12-11-16-9-8(13-5-14-9)10(17-11)19-4-3-7(18)15-6-1-2-6/h5-6H,1-4H2,(H,15,18)(H,13,14,16,17). The molecule has 0 unspecified atom stereocenters. The van der Waals surface area contributed by atoms with Gasteiger partial charge in [-0.15, -0.1) is 11.8 Å². The highest BCUT2D eigenvalue weighted by atomic mass is 35.5. The Bertz CT molecular complexity index is 612. The van der Waals surface area contributed by atoms with Crippen molar-refractivity contribution in [1.82, 2.24) is 25.3 Å². The van der Waals surface area contributed by atoms with Crippen LogP contribution in [0.2, 0.25) is 5.28 Å². The van der Waals surface area contributed by atoms with E-state index >= 15 is 0 Å². The van der Waals surface area contributed by atoms with E-state index < -0.39 is 0 Å². The van der Waals surface area contributed by atoms with Gasteiger partial charge < -0.3 is 10.3 Å². The number of thioether (sulfide) groups is 1. The second kappa shape index (κ2) is 5.34. The number of nitrogens with zero attached hydrogens (tertiary/aromatic N) is 3. The van der Waals surface area contributed by atoms with Crippen LogP contribution in [-0.2, 0) is 4.79 Å². The minimum absolute atomic E-state index is 0.0935. The van der Waals surface area contributed by atoms with Crippen molar-refractivity contribution in [1.29, 1.82) is 0 Å². The van der Waals surface area contributed by atoms with Gasteiger partial charge in [0.15, 0.2) is 5.65 Å². The fourth-order valence-corrected chi connectivity index (χ4v) is 2.79. The molecule has 1 aliphatic carbocycles. The normalized spacial score (nSPS) is 14.8. The van der Waals surface area contributed by atoms with Gasteiger partial charge in [-0.3, -0.25) is 4.79 Å². The molecule has 0 aliphatic heterocycles. The molecule has 0 aromatic carbocycles. The van der Waals surface area contributed by atoms with E-state index in [1.807, 2.05) is 0 Å². The van der Waals surface area contributed by atoms with Gasteiger partial charge in [0.05, 0.1) is 6.33 Å². The molecular weight excluding hydrogens is 286 g/mol. The first-order valence-electron chi connectivity index (χ1n) is 6.01. The number of imidazole rings is 1. The van der Waals surface area contributed by atoms with E-state index in [1.54, 1.807) is 6.33 Å². The molecule has 8 heteroatoms. The third kappa shape index (κ3) is 3.16. The van der Waals surface area contributed by atoms with E-state index in [0.717, 1.165) is 23.4 Å². The van der Waals surface area contributed by atoms with Gasteiger partial charge in [-0.25, -0.2) is 9.97 Å². The highest BCUT2D eigenvalue weighted by molar-refractivity contribution is 7.99. The van der Waals surface area contributed by atoms with Crippen molar-refractivity contribution in [2.24, 2.45) is 0 Å². The van der Waals surface area contributed by atoms with Crippen molar-refractivity contribution in [3.63, 3.8) is 0 Å².